The van der Waals surface area contributed by atoms with E-state index in [1.54, 1.807) is 12.5 Å². The fourth-order valence-corrected chi connectivity index (χ4v) is 4.13. The van der Waals surface area contributed by atoms with Crippen LogP contribution in [0.15, 0.2) is 55.1 Å². The summed E-state index contributed by atoms with van der Waals surface area (Å²) in [4.78, 5) is 28.3. The number of rotatable bonds is 5. The molecule has 0 spiro atoms. The summed E-state index contributed by atoms with van der Waals surface area (Å²) < 4.78 is 1.89. The Hall–Kier alpha value is -2.89. The standard InChI is InChI=1S/C19H19N3O3/c23-18(16-12-5-6-13(9-12)17(16)19(24)25)21-10-14-3-1-2-4-15(14)22-8-7-20-11-22/h1-8,11-13,16-17H,9-10H2,(H,21,23)(H,24,25)/t12-,13-,16-,17-/m0/s1. The van der Waals surface area contributed by atoms with E-state index in [9.17, 15) is 14.7 Å². The highest BCUT2D eigenvalue weighted by molar-refractivity contribution is 5.86. The van der Waals surface area contributed by atoms with Crippen molar-refractivity contribution >= 4 is 11.9 Å². The SMILES string of the molecule is O=C(O)[C@@H]1[C@@H](C(=O)NCc2ccccc2-n2ccnc2)[C@H]2C=C[C@H]1C2. The van der Waals surface area contributed by atoms with Crippen molar-refractivity contribution in [1.29, 1.82) is 0 Å². The normalized spacial score (nSPS) is 26.7. The molecule has 6 nitrogen and oxygen atoms in total. The molecule has 4 atom stereocenters. The number of fused-ring (bicyclic) bond motifs is 2. The number of allylic oxidation sites excluding steroid dienone is 2. The van der Waals surface area contributed by atoms with Gasteiger partial charge < -0.3 is 15.0 Å². The molecule has 0 aliphatic heterocycles. The van der Waals surface area contributed by atoms with Crippen LogP contribution in [0.1, 0.15) is 12.0 Å². The molecule has 1 fully saturated rings. The van der Waals surface area contributed by atoms with E-state index in [2.05, 4.69) is 10.3 Å². The molecule has 0 unspecified atom stereocenters. The number of aliphatic carboxylic acids is 1. The maximum absolute atomic E-state index is 12.7. The van der Waals surface area contributed by atoms with Gasteiger partial charge in [-0.1, -0.05) is 30.4 Å². The third kappa shape index (κ3) is 2.73. The van der Waals surface area contributed by atoms with Crippen LogP contribution in [-0.2, 0) is 16.1 Å². The Kier molecular flexibility index (Phi) is 3.87. The second kappa shape index (κ2) is 6.20. The fourth-order valence-electron chi connectivity index (χ4n) is 4.13. The summed E-state index contributed by atoms with van der Waals surface area (Å²) in [7, 11) is 0. The highest BCUT2D eigenvalue weighted by Crippen LogP contribution is 2.48. The second-order valence-corrected chi connectivity index (χ2v) is 6.65. The molecule has 2 bridgehead atoms. The number of carbonyl (C=O) groups excluding carboxylic acids is 1. The van der Waals surface area contributed by atoms with Gasteiger partial charge in [-0.15, -0.1) is 0 Å². The Labute approximate surface area is 145 Å². The largest absolute Gasteiger partial charge is 0.481 e. The quantitative estimate of drug-likeness (QED) is 0.818. The predicted octanol–water partition coefficient (Wildman–Crippen LogP) is 2.01. The van der Waals surface area contributed by atoms with Crippen molar-refractivity contribution in [3.63, 3.8) is 0 Å². The van der Waals surface area contributed by atoms with Gasteiger partial charge in [0.05, 0.1) is 23.9 Å². The molecule has 128 valence electrons. The van der Waals surface area contributed by atoms with Gasteiger partial charge in [0.1, 0.15) is 0 Å². The summed E-state index contributed by atoms with van der Waals surface area (Å²) in [6.07, 6.45) is 9.97. The molecule has 2 N–H and O–H groups in total. The third-order valence-corrected chi connectivity index (χ3v) is 5.27. The molecule has 25 heavy (non-hydrogen) atoms. The Morgan fingerprint density at radius 2 is 1.96 bits per heavy atom. The molecule has 0 saturated heterocycles. The van der Waals surface area contributed by atoms with Crippen LogP contribution in [0.5, 0.6) is 0 Å². The zero-order valence-electron chi connectivity index (χ0n) is 13.6. The molecule has 2 aromatic rings. The minimum atomic E-state index is -0.879. The van der Waals surface area contributed by atoms with Crippen LogP contribution in [0.3, 0.4) is 0 Å². The van der Waals surface area contributed by atoms with Crippen molar-refractivity contribution in [3.05, 3.63) is 60.7 Å². The molecule has 1 heterocycles. The first-order valence-electron chi connectivity index (χ1n) is 8.40. The van der Waals surface area contributed by atoms with Crippen molar-refractivity contribution in [2.75, 3.05) is 0 Å². The van der Waals surface area contributed by atoms with E-state index in [-0.39, 0.29) is 17.7 Å². The van der Waals surface area contributed by atoms with E-state index in [0.717, 1.165) is 17.7 Å². The summed E-state index contributed by atoms with van der Waals surface area (Å²) in [6, 6.07) is 7.76. The van der Waals surface area contributed by atoms with E-state index < -0.39 is 17.8 Å². The van der Waals surface area contributed by atoms with E-state index >= 15 is 0 Å². The summed E-state index contributed by atoms with van der Waals surface area (Å²) >= 11 is 0. The van der Waals surface area contributed by atoms with E-state index in [0.29, 0.717) is 6.54 Å². The van der Waals surface area contributed by atoms with Gasteiger partial charge in [-0.25, -0.2) is 4.98 Å². The van der Waals surface area contributed by atoms with Crippen LogP contribution in [0, 0.1) is 23.7 Å². The first-order chi connectivity index (χ1) is 12.1. The molecule has 1 aromatic carbocycles. The maximum Gasteiger partial charge on any atom is 0.307 e. The van der Waals surface area contributed by atoms with Crippen LogP contribution in [-0.4, -0.2) is 26.5 Å². The molecule has 4 rings (SSSR count). The number of benzene rings is 1. The van der Waals surface area contributed by atoms with Crippen LogP contribution in [0.25, 0.3) is 5.69 Å². The Balaban J connectivity index is 1.50. The zero-order chi connectivity index (χ0) is 17.4. The molecule has 1 aromatic heterocycles. The lowest BCUT2D eigenvalue weighted by atomic mass is 9.82. The van der Waals surface area contributed by atoms with Gasteiger partial charge in [-0.05, 0) is 29.9 Å². The summed E-state index contributed by atoms with van der Waals surface area (Å²) in [5, 5.41) is 12.4. The molecule has 2 aliphatic carbocycles. The van der Waals surface area contributed by atoms with Crippen LogP contribution >= 0.6 is 0 Å². The second-order valence-electron chi connectivity index (χ2n) is 6.65. The van der Waals surface area contributed by atoms with Crippen molar-refractivity contribution in [1.82, 2.24) is 14.9 Å². The molecule has 2 aliphatic rings. The van der Waals surface area contributed by atoms with E-state index in [1.165, 1.54) is 0 Å². The zero-order valence-corrected chi connectivity index (χ0v) is 13.6. The summed E-state index contributed by atoms with van der Waals surface area (Å²) in [5.74, 6) is -2.13. The predicted molar refractivity (Wildman–Crippen MR) is 90.8 cm³/mol. The number of carbonyl (C=O) groups is 2. The van der Waals surface area contributed by atoms with Gasteiger partial charge in [0, 0.05) is 18.9 Å². The number of nitrogens with one attached hydrogen (secondary N) is 1. The number of para-hydroxylation sites is 1. The van der Waals surface area contributed by atoms with E-state index in [4.69, 9.17) is 0 Å². The Morgan fingerprint density at radius 1 is 1.20 bits per heavy atom. The average molecular weight is 337 g/mol. The highest BCUT2D eigenvalue weighted by Gasteiger charge is 2.51. The molecule has 0 radical (unpaired) electrons. The molecule has 1 amide bonds. The topological polar surface area (TPSA) is 84.2 Å². The number of amides is 1. The van der Waals surface area contributed by atoms with Crippen molar-refractivity contribution in [2.24, 2.45) is 23.7 Å². The van der Waals surface area contributed by atoms with Crippen LogP contribution < -0.4 is 5.32 Å². The highest BCUT2D eigenvalue weighted by atomic mass is 16.4. The Morgan fingerprint density at radius 3 is 2.68 bits per heavy atom. The number of aromatic nitrogens is 2. The third-order valence-electron chi connectivity index (χ3n) is 5.27. The average Bonchev–Trinajstić information content (AvgIpc) is 3.35. The minimum Gasteiger partial charge on any atom is -0.481 e. The number of carboxylic acids is 1. The number of carboxylic acid groups (broad SMARTS) is 1. The molecular formula is C19H19N3O3. The van der Waals surface area contributed by atoms with Crippen molar-refractivity contribution < 1.29 is 14.7 Å². The lowest BCUT2D eigenvalue weighted by Crippen LogP contribution is -2.40. The van der Waals surface area contributed by atoms with Gasteiger partial charge in [0.15, 0.2) is 0 Å². The summed E-state index contributed by atoms with van der Waals surface area (Å²) in [6.45, 7) is 0.358. The van der Waals surface area contributed by atoms with Crippen molar-refractivity contribution in [2.45, 2.75) is 13.0 Å². The van der Waals surface area contributed by atoms with Crippen molar-refractivity contribution in [3.8, 4) is 5.69 Å². The van der Waals surface area contributed by atoms with E-state index in [1.807, 2.05) is 47.2 Å². The van der Waals surface area contributed by atoms with Gasteiger partial charge in [0.2, 0.25) is 5.91 Å². The minimum absolute atomic E-state index is 0.0171. The Bertz CT molecular complexity index is 828. The first-order valence-corrected chi connectivity index (χ1v) is 8.40. The summed E-state index contributed by atoms with van der Waals surface area (Å²) in [5.41, 5.74) is 1.90. The van der Waals surface area contributed by atoms with Gasteiger partial charge >= 0.3 is 5.97 Å². The van der Waals surface area contributed by atoms with Crippen LogP contribution in [0.4, 0.5) is 0 Å². The number of nitrogens with zero attached hydrogens (tertiary/aromatic N) is 2. The monoisotopic (exact) mass is 337 g/mol. The number of hydrogen-bond acceptors (Lipinski definition) is 3. The molecule has 1 saturated carbocycles. The van der Waals surface area contributed by atoms with Gasteiger partial charge in [0.25, 0.3) is 0 Å². The lowest BCUT2D eigenvalue weighted by molar-refractivity contribution is -0.147. The smallest absolute Gasteiger partial charge is 0.307 e. The number of imidazole rings is 1. The van der Waals surface area contributed by atoms with Gasteiger partial charge in [-0.3, -0.25) is 9.59 Å². The van der Waals surface area contributed by atoms with Gasteiger partial charge in [-0.2, -0.15) is 0 Å². The molecule has 6 heteroatoms. The number of hydrogen-bond donors (Lipinski definition) is 2. The maximum atomic E-state index is 12.7. The molecular weight excluding hydrogens is 318 g/mol. The van der Waals surface area contributed by atoms with Crippen LogP contribution in [0.2, 0.25) is 0 Å². The fraction of sp³-hybridized carbons (Fsp3) is 0.316. The lowest BCUT2D eigenvalue weighted by Gasteiger charge is -2.24. The first kappa shape index (κ1) is 15.6.